The van der Waals surface area contributed by atoms with Gasteiger partial charge in [-0.15, -0.1) is 0 Å². The zero-order chi connectivity index (χ0) is 18.8. The Morgan fingerprint density at radius 2 is 1.89 bits per heavy atom. The first-order valence-corrected chi connectivity index (χ1v) is 8.06. The number of hydrogen-bond acceptors (Lipinski definition) is 5. The van der Waals surface area contributed by atoms with Crippen molar-refractivity contribution in [1.29, 1.82) is 0 Å². The summed E-state index contributed by atoms with van der Waals surface area (Å²) < 4.78 is 24.2. The molecule has 1 aliphatic rings. The van der Waals surface area contributed by atoms with E-state index in [1.807, 2.05) is 0 Å². The minimum atomic E-state index is -0.544. The van der Waals surface area contributed by atoms with E-state index in [0.717, 1.165) is 0 Å². The van der Waals surface area contributed by atoms with Crippen LogP contribution in [-0.4, -0.2) is 16.7 Å². The second-order valence-corrected chi connectivity index (χ2v) is 5.78. The summed E-state index contributed by atoms with van der Waals surface area (Å²) in [5.74, 6) is -0.664. The number of carbonyl (C=O) groups is 2. The molecule has 0 spiro atoms. The minimum Gasteiger partial charge on any atom is -0.452 e. The number of nitrogens with zero attached hydrogens (tertiary/aromatic N) is 1. The number of carbonyl (C=O) groups excluding carboxylic acids is 2. The fraction of sp³-hybridized carbons (Fsp3) is 0. The van der Waals surface area contributed by atoms with Gasteiger partial charge in [-0.05, 0) is 48.0 Å². The maximum Gasteiger partial charge on any atom is 0.343 e. The van der Waals surface area contributed by atoms with Crippen molar-refractivity contribution in [3.63, 3.8) is 0 Å². The quantitative estimate of drug-likeness (QED) is 0.400. The third-order valence-electron chi connectivity index (χ3n) is 3.91. The van der Waals surface area contributed by atoms with Crippen LogP contribution in [0.5, 0.6) is 11.5 Å². The van der Waals surface area contributed by atoms with Crippen LogP contribution in [-0.2, 0) is 0 Å². The van der Waals surface area contributed by atoms with Crippen molar-refractivity contribution >= 4 is 17.8 Å². The van der Waals surface area contributed by atoms with E-state index in [2.05, 4.69) is 4.98 Å². The van der Waals surface area contributed by atoms with Gasteiger partial charge in [0.25, 0.3) is 0 Å². The van der Waals surface area contributed by atoms with Crippen molar-refractivity contribution < 1.29 is 23.5 Å². The molecule has 0 saturated carbocycles. The van der Waals surface area contributed by atoms with Crippen molar-refractivity contribution in [1.82, 2.24) is 4.98 Å². The van der Waals surface area contributed by atoms with E-state index < -0.39 is 11.8 Å². The molecule has 0 amide bonds. The molecule has 132 valence electrons. The van der Waals surface area contributed by atoms with Gasteiger partial charge in [-0.1, -0.05) is 12.1 Å². The van der Waals surface area contributed by atoms with Crippen LogP contribution in [0.1, 0.15) is 26.3 Å². The molecule has 0 saturated heterocycles. The summed E-state index contributed by atoms with van der Waals surface area (Å²) in [6, 6.07) is 13.4. The van der Waals surface area contributed by atoms with Crippen molar-refractivity contribution in [2.45, 2.75) is 0 Å². The molecule has 2 heterocycles. The molecule has 5 nitrogen and oxygen atoms in total. The number of aromatic nitrogens is 1. The predicted molar refractivity (Wildman–Crippen MR) is 95.0 cm³/mol. The van der Waals surface area contributed by atoms with Crippen LogP contribution in [0.4, 0.5) is 4.39 Å². The van der Waals surface area contributed by atoms with Crippen molar-refractivity contribution in [3.05, 3.63) is 95.3 Å². The molecule has 0 aliphatic carbocycles. The third kappa shape index (κ3) is 3.46. The molecular weight excluding hydrogens is 349 g/mol. The number of fused-ring (bicyclic) bond motifs is 1. The fourth-order valence-electron chi connectivity index (χ4n) is 2.63. The minimum absolute atomic E-state index is 0.0770. The number of ether oxygens (including phenoxy) is 2. The number of pyridine rings is 1. The van der Waals surface area contributed by atoms with Gasteiger partial charge in [-0.3, -0.25) is 9.78 Å². The monoisotopic (exact) mass is 361 g/mol. The maximum atomic E-state index is 13.3. The number of Topliss-reactive ketones (excluding diaryl/α,β-unsaturated/α-hetero) is 1. The van der Waals surface area contributed by atoms with E-state index in [-0.39, 0.29) is 23.0 Å². The molecule has 2 aromatic carbocycles. The van der Waals surface area contributed by atoms with Crippen LogP contribution in [0.25, 0.3) is 6.08 Å². The van der Waals surface area contributed by atoms with Crippen LogP contribution in [0.3, 0.4) is 0 Å². The van der Waals surface area contributed by atoms with Crippen LogP contribution in [0.2, 0.25) is 0 Å². The molecule has 1 aliphatic heterocycles. The van der Waals surface area contributed by atoms with E-state index in [1.165, 1.54) is 60.9 Å². The lowest BCUT2D eigenvalue weighted by Crippen LogP contribution is -2.08. The Kier molecular flexibility index (Phi) is 4.22. The Bertz CT molecular complexity index is 1080. The number of esters is 1. The zero-order valence-electron chi connectivity index (χ0n) is 13.9. The lowest BCUT2D eigenvalue weighted by atomic mass is 10.1. The van der Waals surface area contributed by atoms with Crippen LogP contribution in [0.15, 0.2) is 72.8 Å². The van der Waals surface area contributed by atoms with E-state index in [4.69, 9.17) is 9.47 Å². The van der Waals surface area contributed by atoms with E-state index in [0.29, 0.717) is 16.7 Å². The van der Waals surface area contributed by atoms with E-state index in [9.17, 15) is 14.0 Å². The number of ketones is 1. The lowest BCUT2D eigenvalue weighted by Gasteiger charge is -2.05. The first kappa shape index (κ1) is 16.7. The van der Waals surface area contributed by atoms with E-state index in [1.54, 1.807) is 12.1 Å². The van der Waals surface area contributed by atoms with Gasteiger partial charge in [0.1, 0.15) is 17.3 Å². The number of benzene rings is 2. The maximum absolute atomic E-state index is 13.3. The molecule has 0 fully saturated rings. The number of halogens is 1. The van der Waals surface area contributed by atoms with Gasteiger partial charge in [0.05, 0.1) is 11.1 Å². The molecule has 1 aromatic heterocycles. The first-order valence-electron chi connectivity index (χ1n) is 8.06. The number of rotatable bonds is 3. The van der Waals surface area contributed by atoms with Gasteiger partial charge < -0.3 is 9.47 Å². The SMILES string of the molecule is O=C(Oc1ccc2c(c1)O/C(=C\c1cccc(F)c1)C2=O)c1ccncc1. The normalized spacial score (nSPS) is 14.0. The summed E-state index contributed by atoms with van der Waals surface area (Å²) in [6.45, 7) is 0. The Labute approximate surface area is 153 Å². The molecule has 27 heavy (non-hydrogen) atoms. The van der Waals surface area contributed by atoms with Crippen molar-refractivity contribution in [3.8, 4) is 11.5 Å². The molecule has 3 aromatic rings. The average molecular weight is 361 g/mol. The fourth-order valence-corrected chi connectivity index (χ4v) is 2.63. The average Bonchev–Trinajstić information content (AvgIpc) is 2.97. The summed E-state index contributed by atoms with van der Waals surface area (Å²) in [5, 5.41) is 0. The topological polar surface area (TPSA) is 65.5 Å². The second-order valence-electron chi connectivity index (χ2n) is 5.78. The summed E-state index contributed by atoms with van der Waals surface area (Å²) >= 11 is 0. The third-order valence-corrected chi connectivity index (χ3v) is 3.91. The molecular formula is C21H12FNO4. The summed E-state index contributed by atoms with van der Waals surface area (Å²) in [6.07, 6.45) is 4.45. The summed E-state index contributed by atoms with van der Waals surface area (Å²) in [7, 11) is 0. The van der Waals surface area contributed by atoms with E-state index >= 15 is 0 Å². The Morgan fingerprint density at radius 3 is 2.67 bits per heavy atom. The van der Waals surface area contributed by atoms with Crippen molar-refractivity contribution in [2.75, 3.05) is 0 Å². The van der Waals surface area contributed by atoms with Crippen LogP contribution >= 0.6 is 0 Å². The standard InChI is InChI=1S/C21H12FNO4/c22-15-3-1-2-13(10-15)11-19-20(24)17-5-4-16(12-18(17)27-19)26-21(25)14-6-8-23-9-7-14/h1-12H/b19-11-. The number of allylic oxidation sites excluding steroid dienone is 1. The van der Waals surface area contributed by atoms with Gasteiger partial charge in [0, 0.05) is 18.5 Å². The Morgan fingerprint density at radius 1 is 1.07 bits per heavy atom. The molecule has 0 N–H and O–H groups in total. The molecule has 6 heteroatoms. The van der Waals surface area contributed by atoms with Gasteiger partial charge in [0.15, 0.2) is 5.76 Å². The van der Waals surface area contributed by atoms with Gasteiger partial charge in [-0.2, -0.15) is 0 Å². The largest absolute Gasteiger partial charge is 0.452 e. The molecule has 0 unspecified atom stereocenters. The molecule has 0 bridgehead atoms. The highest BCUT2D eigenvalue weighted by molar-refractivity contribution is 6.14. The predicted octanol–water partition coefficient (Wildman–Crippen LogP) is 4.06. The van der Waals surface area contributed by atoms with Crippen LogP contribution < -0.4 is 9.47 Å². The van der Waals surface area contributed by atoms with Crippen LogP contribution in [0, 0.1) is 5.82 Å². The number of hydrogen-bond donors (Lipinski definition) is 0. The highest BCUT2D eigenvalue weighted by Crippen LogP contribution is 2.35. The van der Waals surface area contributed by atoms with Gasteiger partial charge in [-0.25, -0.2) is 9.18 Å². The second kappa shape index (κ2) is 6.84. The summed E-state index contributed by atoms with van der Waals surface area (Å²) in [5.41, 5.74) is 1.21. The molecule has 4 rings (SSSR count). The Hall–Kier alpha value is -3.80. The first-order chi connectivity index (χ1) is 13.1. The van der Waals surface area contributed by atoms with Gasteiger partial charge in [0.2, 0.25) is 5.78 Å². The van der Waals surface area contributed by atoms with Crippen molar-refractivity contribution in [2.24, 2.45) is 0 Å². The lowest BCUT2D eigenvalue weighted by molar-refractivity contribution is 0.0734. The summed E-state index contributed by atoms with van der Waals surface area (Å²) in [4.78, 5) is 28.4. The molecule has 0 atom stereocenters. The Balaban J connectivity index is 1.57. The highest BCUT2D eigenvalue weighted by atomic mass is 19.1. The highest BCUT2D eigenvalue weighted by Gasteiger charge is 2.28. The zero-order valence-corrected chi connectivity index (χ0v) is 13.9. The van der Waals surface area contributed by atoms with Gasteiger partial charge >= 0.3 is 5.97 Å². The smallest absolute Gasteiger partial charge is 0.343 e. The molecule has 0 radical (unpaired) electrons.